The van der Waals surface area contributed by atoms with Gasteiger partial charge in [0.15, 0.2) is 0 Å². The maximum atomic E-state index is 6.39. The summed E-state index contributed by atoms with van der Waals surface area (Å²) in [6, 6.07) is 5.77. The molecule has 0 saturated heterocycles. The third-order valence-electron chi connectivity index (χ3n) is 4.35. The maximum Gasteiger partial charge on any atom is 0.133 e. The van der Waals surface area contributed by atoms with Crippen molar-refractivity contribution >= 4 is 40.3 Å². The minimum Gasteiger partial charge on any atom is -0.282 e. The predicted molar refractivity (Wildman–Crippen MR) is 96.2 cm³/mol. The summed E-state index contributed by atoms with van der Waals surface area (Å²) in [6.07, 6.45) is 3.06. The van der Waals surface area contributed by atoms with Crippen molar-refractivity contribution in [1.82, 2.24) is 5.01 Å². The summed E-state index contributed by atoms with van der Waals surface area (Å²) >= 11 is 12.4. The van der Waals surface area contributed by atoms with Crippen LogP contribution in [0.5, 0.6) is 0 Å². The normalized spacial score (nSPS) is 25.5. The van der Waals surface area contributed by atoms with Crippen LogP contribution >= 0.6 is 23.2 Å². The molecular formula is C17H16Cl2N4. The van der Waals surface area contributed by atoms with E-state index in [1.807, 2.05) is 19.1 Å². The highest BCUT2D eigenvalue weighted by molar-refractivity contribution is 6.57. The minimum absolute atomic E-state index is 0.0169. The van der Waals surface area contributed by atoms with E-state index in [0.717, 1.165) is 41.4 Å². The van der Waals surface area contributed by atoms with E-state index < -0.39 is 0 Å². The van der Waals surface area contributed by atoms with Gasteiger partial charge in [0, 0.05) is 16.3 Å². The second kappa shape index (κ2) is 5.46. The molecule has 4 nitrogen and oxygen atoms in total. The average molecular weight is 347 g/mol. The van der Waals surface area contributed by atoms with Gasteiger partial charge in [0.05, 0.1) is 29.0 Å². The van der Waals surface area contributed by atoms with E-state index in [2.05, 4.69) is 18.0 Å². The summed E-state index contributed by atoms with van der Waals surface area (Å²) in [4.78, 5) is 9.60. The highest BCUT2D eigenvalue weighted by Gasteiger charge is 2.42. The Bertz CT molecular complexity index is 807. The molecule has 0 aliphatic carbocycles. The van der Waals surface area contributed by atoms with E-state index in [-0.39, 0.29) is 12.1 Å². The lowest BCUT2D eigenvalue weighted by molar-refractivity contribution is 0.269. The fourth-order valence-electron chi connectivity index (χ4n) is 3.25. The first-order chi connectivity index (χ1) is 11.1. The van der Waals surface area contributed by atoms with Crippen LogP contribution in [0.15, 0.2) is 45.1 Å². The number of nitrogens with zero attached hydrogens (tertiary/aromatic N) is 4. The van der Waals surface area contributed by atoms with Crippen LogP contribution < -0.4 is 0 Å². The SMILES string of the molecule is CC[C@H]1CN2N=C(c3ccc(Cl)cc3Cl)C3=NC(C)=CC(=N1)C32. The molecule has 0 N–H and O–H groups in total. The van der Waals surface area contributed by atoms with Crippen LogP contribution in [0.1, 0.15) is 25.8 Å². The van der Waals surface area contributed by atoms with Gasteiger partial charge in [-0.2, -0.15) is 5.10 Å². The Morgan fingerprint density at radius 1 is 1.30 bits per heavy atom. The minimum atomic E-state index is 0.0169. The number of allylic oxidation sites excluding steroid dienone is 1. The molecule has 0 spiro atoms. The quantitative estimate of drug-likeness (QED) is 0.798. The van der Waals surface area contributed by atoms with E-state index in [9.17, 15) is 0 Å². The lowest BCUT2D eigenvalue weighted by Gasteiger charge is -2.33. The highest BCUT2D eigenvalue weighted by atomic mass is 35.5. The standard InChI is InChI=1S/C17H16Cl2N4/c1-3-11-8-23-17-14(21-11)6-9(2)20-16(17)15(22-23)12-5-4-10(18)7-13(12)19/h4-7,11,17H,3,8H2,1-2H3/t11-,17?/m0/s1. The Kier molecular flexibility index (Phi) is 3.54. The van der Waals surface area contributed by atoms with Crippen LogP contribution in [0.4, 0.5) is 0 Å². The zero-order valence-corrected chi connectivity index (χ0v) is 14.4. The van der Waals surface area contributed by atoms with Crippen molar-refractivity contribution in [2.24, 2.45) is 15.1 Å². The van der Waals surface area contributed by atoms with Gasteiger partial charge in [-0.15, -0.1) is 0 Å². The zero-order valence-electron chi connectivity index (χ0n) is 12.9. The van der Waals surface area contributed by atoms with Gasteiger partial charge in [0.25, 0.3) is 0 Å². The van der Waals surface area contributed by atoms with Crippen molar-refractivity contribution in [2.75, 3.05) is 6.54 Å². The van der Waals surface area contributed by atoms with Gasteiger partial charge in [-0.3, -0.25) is 15.0 Å². The summed E-state index contributed by atoms with van der Waals surface area (Å²) in [6.45, 7) is 4.95. The number of hydrogen-bond donors (Lipinski definition) is 0. The average Bonchev–Trinajstić information content (AvgIpc) is 2.86. The second-order valence-corrected chi connectivity index (χ2v) is 6.84. The molecule has 6 heteroatoms. The van der Waals surface area contributed by atoms with Crippen molar-refractivity contribution in [3.63, 3.8) is 0 Å². The Morgan fingerprint density at radius 3 is 2.87 bits per heavy atom. The Hall–Kier alpha value is -1.65. The van der Waals surface area contributed by atoms with Gasteiger partial charge in [0.1, 0.15) is 11.8 Å². The summed E-state index contributed by atoms with van der Waals surface area (Å²) in [5.74, 6) is 0. The predicted octanol–water partition coefficient (Wildman–Crippen LogP) is 3.97. The Morgan fingerprint density at radius 2 is 2.13 bits per heavy atom. The largest absolute Gasteiger partial charge is 0.282 e. The second-order valence-electron chi connectivity index (χ2n) is 6.00. The van der Waals surface area contributed by atoms with E-state index >= 15 is 0 Å². The topological polar surface area (TPSA) is 40.3 Å². The van der Waals surface area contributed by atoms with E-state index in [1.165, 1.54) is 0 Å². The first-order valence-corrected chi connectivity index (χ1v) is 8.48. The molecule has 0 amide bonds. The van der Waals surface area contributed by atoms with Crippen molar-refractivity contribution in [3.05, 3.63) is 45.6 Å². The van der Waals surface area contributed by atoms with Crippen molar-refractivity contribution in [3.8, 4) is 0 Å². The molecule has 4 rings (SSSR count). The fraction of sp³-hybridized carbons (Fsp3) is 0.353. The Balaban J connectivity index is 1.85. The van der Waals surface area contributed by atoms with Crippen molar-refractivity contribution < 1.29 is 0 Å². The fourth-order valence-corrected chi connectivity index (χ4v) is 3.74. The summed E-state index contributed by atoms with van der Waals surface area (Å²) in [7, 11) is 0. The number of halogens is 2. The highest BCUT2D eigenvalue weighted by Crippen LogP contribution is 2.31. The van der Waals surface area contributed by atoms with Gasteiger partial charge < -0.3 is 0 Å². The molecular weight excluding hydrogens is 331 g/mol. The Labute approximate surface area is 145 Å². The van der Waals surface area contributed by atoms with Crippen molar-refractivity contribution in [1.29, 1.82) is 0 Å². The van der Waals surface area contributed by atoms with Crippen LogP contribution in [0, 0.1) is 0 Å². The summed E-state index contributed by atoms with van der Waals surface area (Å²) in [5.41, 5.74) is 4.63. The molecule has 118 valence electrons. The third-order valence-corrected chi connectivity index (χ3v) is 4.90. The number of hydrazone groups is 1. The lowest BCUT2D eigenvalue weighted by atomic mass is 9.93. The molecule has 1 aromatic rings. The summed E-state index contributed by atoms with van der Waals surface area (Å²) in [5, 5.41) is 8.13. The van der Waals surface area contributed by atoms with Gasteiger partial charge in [-0.25, -0.2) is 0 Å². The van der Waals surface area contributed by atoms with E-state index in [1.54, 1.807) is 6.07 Å². The van der Waals surface area contributed by atoms with Crippen LogP contribution in [0.2, 0.25) is 10.0 Å². The zero-order chi connectivity index (χ0) is 16.1. The van der Waals surface area contributed by atoms with Gasteiger partial charge in [0.2, 0.25) is 0 Å². The van der Waals surface area contributed by atoms with Crippen LogP contribution in [-0.4, -0.2) is 40.8 Å². The molecule has 1 unspecified atom stereocenters. The monoisotopic (exact) mass is 346 g/mol. The molecule has 1 aromatic carbocycles. The van der Waals surface area contributed by atoms with Gasteiger partial charge in [-0.1, -0.05) is 30.1 Å². The summed E-state index contributed by atoms with van der Waals surface area (Å²) < 4.78 is 0. The molecule has 0 aromatic heterocycles. The number of aliphatic imine (C=N–C) groups is 2. The van der Waals surface area contributed by atoms with Crippen LogP contribution in [0.3, 0.4) is 0 Å². The molecule has 0 radical (unpaired) electrons. The molecule has 3 heterocycles. The molecule has 0 saturated carbocycles. The van der Waals surface area contributed by atoms with Gasteiger partial charge >= 0.3 is 0 Å². The van der Waals surface area contributed by atoms with Crippen molar-refractivity contribution in [2.45, 2.75) is 32.4 Å². The molecule has 23 heavy (non-hydrogen) atoms. The van der Waals surface area contributed by atoms with E-state index in [4.69, 9.17) is 38.3 Å². The van der Waals surface area contributed by atoms with Crippen LogP contribution in [-0.2, 0) is 0 Å². The number of rotatable bonds is 2. The number of benzene rings is 1. The molecule has 2 atom stereocenters. The number of hydrogen-bond acceptors (Lipinski definition) is 4. The lowest BCUT2D eigenvalue weighted by Crippen LogP contribution is -2.48. The molecule has 3 aliphatic heterocycles. The molecule has 0 bridgehead atoms. The molecule has 0 fully saturated rings. The van der Waals surface area contributed by atoms with Crippen LogP contribution in [0.25, 0.3) is 0 Å². The van der Waals surface area contributed by atoms with Gasteiger partial charge in [-0.05, 0) is 37.6 Å². The first-order valence-electron chi connectivity index (χ1n) is 7.72. The maximum absolute atomic E-state index is 6.39. The first kappa shape index (κ1) is 14.9. The third kappa shape index (κ3) is 2.41. The molecule has 3 aliphatic rings. The smallest absolute Gasteiger partial charge is 0.133 e. The van der Waals surface area contributed by atoms with E-state index in [0.29, 0.717) is 10.0 Å².